The Morgan fingerprint density at radius 1 is 1.31 bits per heavy atom. The molecule has 2 unspecified atom stereocenters. The third kappa shape index (κ3) is 3.27. The zero-order valence-corrected chi connectivity index (χ0v) is 14.9. The fraction of sp³-hybridized carbons (Fsp3) is 0.421. The minimum Gasteiger partial charge on any atom is -0.340 e. The number of fused-ring (bicyclic) bond motifs is 1. The third-order valence-corrected chi connectivity index (χ3v) is 5.00. The molecule has 2 aliphatic rings. The van der Waals surface area contributed by atoms with E-state index in [1.807, 2.05) is 24.3 Å². The van der Waals surface area contributed by atoms with Crippen molar-refractivity contribution in [2.45, 2.75) is 38.4 Å². The molecule has 4 rings (SSSR count). The third-order valence-electron chi connectivity index (χ3n) is 5.00. The molecule has 136 valence electrons. The quantitative estimate of drug-likeness (QED) is 0.722. The van der Waals surface area contributed by atoms with E-state index >= 15 is 0 Å². The summed E-state index contributed by atoms with van der Waals surface area (Å²) in [6.07, 6.45) is 2.98. The average molecular weight is 352 g/mol. The smallest absolute Gasteiger partial charge is 0.227 e. The van der Waals surface area contributed by atoms with Crippen LogP contribution in [0.3, 0.4) is 0 Å². The lowest BCUT2D eigenvalue weighted by Gasteiger charge is -2.31. The second-order valence-electron chi connectivity index (χ2n) is 7.07. The van der Waals surface area contributed by atoms with Crippen LogP contribution < -0.4 is 21.3 Å². The van der Waals surface area contributed by atoms with Gasteiger partial charge in [0, 0.05) is 36.9 Å². The Morgan fingerprint density at radius 3 is 2.85 bits per heavy atom. The van der Waals surface area contributed by atoms with Crippen molar-refractivity contribution in [3.8, 4) is 0 Å². The van der Waals surface area contributed by atoms with Crippen molar-refractivity contribution in [2.24, 2.45) is 5.73 Å². The first-order valence-corrected chi connectivity index (χ1v) is 9.08. The largest absolute Gasteiger partial charge is 0.340 e. The lowest BCUT2D eigenvalue weighted by atomic mass is 10.1. The highest BCUT2D eigenvalue weighted by Gasteiger charge is 2.30. The SMILES string of the molecule is Cc1ccc(Nc2nc(N3CCCC(N)C3)nc3c2C(C=O)NC3)cc1. The van der Waals surface area contributed by atoms with Crippen molar-refractivity contribution in [1.29, 1.82) is 0 Å². The van der Waals surface area contributed by atoms with Crippen molar-refractivity contribution in [3.63, 3.8) is 0 Å². The highest BCUT2D eigenvalue weighted by molar-refractivity contribution is 5.72. The number of aldehydes is 1. The van der Waals surface area contributed by atoms with Gasteiger partial charge in [-0.25, -0.2) is 4.98 Å². The van der Waals surface area contributed by atoms with Gasteiger partial charge in [-0.1, -0.05) is 17.7 Å². The maximum absolute atomic E-state index is 11.5. The summed E-state index contributed by atoms with van der Waals surface area (Å²) in [6, 6.07) is 7.88. The molecule has 1 fully saturated rings. The molecule has 2 aliphatic heterocycles. The van der Waals surface area contributed by atoms with E-state index in [1.54, 1.807) is 0 Å². The van der Waals surface area contributed by atoms with Gasteiger partial charge in [0.15, 0.2) is 0 Å². The zero-order valence-electron chi connectivity index (χ0n) is 14.9. The summed E-state index contributed by atoms with van der Waals surface area (Å²) in [5.41, 5.74) is 9.97. The van der Waals surface area contributed by atoms with E-state index < -0.39 is 0 Å². The van der Waals surface area contributed by atoms with Gasteiger partial charge in [-0.2, -0.15) is 4.98 Å². The zero-order chi connectivity index (χ0) is 18.1. The normalized spacial score (nSPS) is 22.2. The number of hydrogen-bond donors (Lipinski definition) is 3. The van der Waals surface area contributed by atoms with Gasteiger partial charge in [-0.3, -0.25) is 5.32 Å². The van der Waals surface area contributed by atoms with E-state index in [-0.39, 0.29) is 12.1 Å². The summed E-state index contributed by atoms with van der Waals surface area (Å²) >= 11 is 0. The van der Waals surface area contributed by atoms with Crippen LogP contribution in [0.4, 0.5) is 17.5 Å². The number of carbonyl (C=O) groups excluding carboxylic acids is 1. The molecule has 2 atom stereocenters. The molecule has 7 heteroatoms. The summed E-state index contributed by atoms with van der Waals surface area (Å²) < 4.78 is 0. The van der Waals surface area contributed by atoms with Crippen LogP contribution in [0.2, 0.25) is 0 Å². The number of hydrogen-bond acceptors (Lipinski definition) is 7. The van der Waals surface area contributed by atoms with E-state index in [0.29, 0.717) is 18.3 Å². The second kappa shape index (κ2) is 7.01. The summed E-state index contributed by atoms with van der Waals surface area (Å²) in [5.74, 6) is 1.37. The fourth-order valence-corrected chi connectivity index (χ4v) is 3.59. The summed E-state index contributed by atoms with van der Waals surface area (Å²) in [6.45, 7) is 4.28. The Hall–Kier alpha value is -2.51. The number of nitrogens with two attached hydrogens (primary N) is 1. The van der Waals surface area contributed by atoms with Crippen LogP contribution in [-0.4, -0.2) is 35.4 Å². The van der Waals surface area contributed by atoms with Crippen LogP contribution in [0.15, 0.2) is 24.3 Å². The lowest BCUT2D eigenvalue weighted by Crippen LogP contribution is -2.43. The van der Waals surface area contributed by atoms with Gasteiger partial charge in [0.05, 0.1) is 11.7 Å². The Labute approximate surface area is 153 Å². The van der Waals surface area contributed by atoms with E-state index in [2.05, 4.69) is 22.5 Å². The van der Waals surface area contributed by atoms with Crippen LogP contribution in [0.5, 0.6) is 0 Å². The van der Waals surface area contributed by atoms with Gasteiger partial charge >= 0.3 is 0 Å². The molecule has 0 amide bonds. The molecule has 1 aromatic heterocycles. The number of nitrogens with one attached hydrogen (secondary N) is 2. The summed E-state index contributed by atoms with van der Waals surface area (Å²) in [4.78, 5) is 23.1. The number of aromatic nitrogens is 2. The second-order valence-corrected chi connectivity index (χ2v) is 7.07. The molecule has 4 N–H and O–H groups in total. The van der Waals surface area contributed by atoms with Crippen LogP contribution in [0.25, 0.3) is 0 Å². The van der Waals surface area contributed by atoms with Crippen LogP contribution in [0.1, 0.15) is 35.7 Å². The highest BCUT2D eigenvalue weighted by Crippen LogP contribution is 2.33. The molecule has 0 bridgehead atoms. The Balaban J connectivity index is 1.72. The molecule has 1 aromatic carbocycles. The molecule has 1 saturated heterocycles. The summed E-state index contributed by atoms with van der Waals surface area (Å²) in [5, 5.41) is 6.57. The van der Waals surface area contributed by atoms with Crippen molar-refractivity contribution in [3.05, 3.63) is 41.1 Å². The monoisotopic (exact) mass is 352 g/mol. The van der Waals surface area contributed by atoms with Crippen molar-refractivity contribution < 1.29 is 4.79 Å². The number of carbonyl (C=O) groups is 1. The predicted octanol–water partition coefficient (Wildman–Crippen LogP) is 1.80. The molecule has 0 saturated carbocycles. The molecule has 26 heavy (non-hydrogen) atoms. The van der Waals surface area contributed by atoms with Crippen LogP contribution >= 0.6 is 0 Å². The highest BCUT2D eigenvalue weighted by atomic mass is 16.1. The van der Waals surface area contributed by atoms with Crippen molar-refractivity contribution >= 4 is 23.7 Å². The lowest BCUT2D eigenvalue weighted by molar-refractivity contribution is -0.109. The van der Waals surface area contributed by atoms with Crippen LogP contribution in [-0.2, 0) is 11.3 Å². The fourth-order valence-electron chi connectivity index (χ4n) is 3.59. The molecule has 0 spiro atoms. The minimum absolute atomic E-state index is 0.148. The first kappa shape index (κ1) is 16.9. The van der Waals surface area contributed by atoms with Gasteiger partial charge in [0.1, 0.15) is 12.1 Å². The Kier molecular flexibility index (Phi) is 4.57. The number of anilines is 3. The maximum atomic E-state index is 11.5. The molecular weight excluding hydrogens is 328 g/mol. The van der Waals surface area contributed by atoms with Gasteiger partial charge in [0.2, 0.25) is 5.95 Å². The Bertz CT molecular complexity index is 806. The van der Waals surface area contributed by atoms with Gasteiger partial charge in [0.25, 0.3) is 0 Å². The molecule has 7 nitrogen and oxygen atoms in total. The minimum atomic E-state index is -0.379. The topological polar surface area (TPSA) is 96.2 Å². The van der Waals surface area contributed by atoms with E-state index in [4.69, 9.17) is 15.7 Å². The number of nitrogens with zero attached hydrogens (tertiary/aromatic N) is 3. The first-order chi connectivity index (χ1) is 12.6. The number of benzene rings is 1. The molecule has 0 aliphatic carbocycles. The predicted molar refractivity (Wildman–Crippen MR) is 102 cm³/mol. The maximum Gasteiger partial charge on any atom is 0.227 e. The Morgan fingerprint density at radius 2 is 2.12 bits per heavy atom. The van der Waals surface area contributed by atoms with E-state index in [0.717, 1.165) is 49.2 Å². The number of aryl methyl sites for hydroxylation is 1. The molecule has 3 heterocycles. The number of rotatable bonds is 4. The van der Waals surface area contributed by atoms with E-state index in [9.17, 15) is 4.79 Å². The van der Waals surface area contributed by atoms with Gasteiger partial charge in [-0.15, -0.1) is 0 Å². The van der Waals surface area contributed by atoms with Crippen LogP contribution in [0, 0.1) is 6.92 Å². The molecular formula is C19H24N6O. The van der Waals surface area contributed by atoms with Crippen molar-refractivity contribution in [1.82, 2.24) is 15.3 Å². The van der Waals surface area contributed by atoms with Gasteiger partial charge in [-0.05, 0) is 31.9 Å². The summed E-state index contributed by atoms with van der Waals surface area (Å²) in [7, 11) is 0. The van der Waals surface area contributed by atoms with E-state index in [1.165, 1.54) is 5.56 Å². The molecule has 0 radical (unpaired) electrons. The standard InChI is InChI=1S/C19H24N6O/c1-12-4-6-14(7-5-12)22-18-17-15(9-21-16(17)11-26)23-19(24-18)25-8-2-3-13(20)10-25/h4-7,11,13,16,21H,2-3,8-10,20H2,1H3,(H,22,23,24). The molecule has 2 aromatic rings. The number of piperidine rings is 1. The van der Waals surface area contributed by atoms with Gasteiger partial charge < -0.3 is 20.7 Å². The first-order valence-electron chi connectivity index (χ1n) is 9.08. The van der Waals surface area contributed by atoms with Crippen molar-refractivity contribution in [2.75, 3.05) is 23.3 Å². The average Bonchev–Trinajstić information content (AvgIpc) is 3.07.